The van der Waals surface area contributed by atoms with Crippen LogP contribution in [0.4, 0.5) is 0 Å². The first kappa shape index (κ1) is 15.5. The molecule has 0 radical (unpaired) electrons. The van der Waals surface area contributed by atoms with E-state index in [0.717, 1.165) is 5.46 Å². The Hall–Kier alpha value is -0.905. The summed E-state index contributed by atoms with van der Waals surface area (Å²) >= 11 is 6.17. The predicted octanol–water partition coefficient (Wildman–Crippen LogP) is 2.17. The molecule has 20 heavy (non-hydrogen) atoms. The van der Waals surface area contributed by atoms with Gasteiger partial charge in [0.1, 0.15) is 5.78 Å². The van der Waals surface area contributed by atoms with Gasteiger partial charge in [-0.05, 0) is 40.7 Å². The molecular weight excluding hydrogens is 276 g/mol. The number of ketones is 1. The second kappa shape index (κ2) is 5.13. The Balaban J connectivity index is 2.24. The molecule has 0 amide bonds. The monoisotopic (exact) mass is 295 g/mol. The van der Waals surface area contributed by atoms with Crippen LogP contribution in [-0.2, 0) is 20.5 Å². The van der Waals surface area contributed by atoms with E-state index in [1.54, 1.807) is 12.3 Å². The van der Waals surface area contributed by atoms with Crippen molar-refractivity contribution in [3.05, 3.63) is 23.0 Å². The van der Waals surface area contributed by atoms with E-state index in [-0.39, 0.29) is 12.2 Å². The Morgan fingerprint density at radius 1 is 1.30 bits per heavy atom. The first-order valence-electron chi connectivity index (χ1n) is 6.62. The summed E-state index contributed by atoms with van der Waals surface area (Å²) in [7, 11) is -0.489. The molecule has 1 saturated heterocycles. The van der Waals surface area contributed by atoms with E-state index >= 15 is 0 Å². The molecule has 0 atom stereocenters. The van der Waals surface area contributed by atoms with Gasteiger partial charge in [0.15, 0.2) is 0 Å². The minimum Gasteiger partial charge on any atom is -0.399 e. The summed E-state index contributed by atoms with van der Waals surface area (Å²) < 4.78 is 11.9. The van der Waals surface area contributed by atoms with Gasteiger partial charge in [-0.3, -0.25) is 9.78 Å². The largest absolute Gasteiger partial charge is 0.496 e. The van der Waals surface area contributed by atoms with Crippen LogP contribution in [0.2, 0.25) is 5.02 Å². The van der Waals surface area contributed by atoms with Gasteiger partial charge in [-0.15, -0.1) is 0 Å². The highest BCUT2D eigenvalue weighted by Crippen LogP contribution is 2.36. The second-order valence-electron chi connectivity index (χ2n) is 6.16. The van der Waals surface area contributed by atoms with Crippen molar-refractivity contribution in [3.63, 3.8) is 0 Å². The standard InChI is InChI=1S/C14H19BClNO3/c1-9(18)6-12-11(16)7-10(8-17-12)15-19-13(2,3)14(4,5)20-15/h7-8H,6H2,1-5H3. The molecule has 1 aromatic rings. The number of carbonyl (C=O) groups excluding carboxylic acids is 1. The van der Waals surface area contributed by atoms with E-state index in [1.807, 2.05) is 27.7 Å². The normalized spacial score (nSPS) is 20.2. The van der Waals surface area contributed by atoms with E-state index in [9.17, 15) is 4.79 Å². The van der Waals surface area contributed by atoms with Crippen LogP contribution in [0.15, 0.2) is 12.3 Å². The lowest BCUT2D eigenvalue weighted by atomic mass is 9.80. The molecule has 108 valence electrons. The first-order valence-corrected chi connectivity index (χ1v) is 6.99. The number of carbonyl (C=O) groups is 1. The smallest absolute Gasteiger partial charge is 0.399 e. The topological polar surface area (TPSA) is 48.4 Å². The average molecular weight is 296 g/mol. The van der Waals surface area contributed by atoms with Crippen LogP contribution in [0.5, 0.6) is 0 Å². The first-order chi connectivity index (χ1) is 9.12. The molecule has 2 rings (SSSR count). The number of aromatic nitrogens is 1. The van der Waals surface area contributed by atoms with E-state index in [1.165, 1.54) is 6.92 Å². The van der Waals surface area contributed by atoms with Gasteiger partial charge in [-0.1, -0.05) is 11.6 Å². The van der Waals surface area contributed by atoms with Crippen LogP contribution in [-0.4, -0.2) is 29.1 Å². The molecule has 1 aromatic heterocycles. The number of Topliss-reactive ketones (excluding diaryl/α,β-unsaturated/α-hetero) is 1. The summed E-state index contributed by atoms with van der Waals surface area (Å²) in [6.45, 7) is 9.48. The molecule has 1 aliphatic heterocycles. The highest BCUT2D eigenvalue weighted by Gasteiger charge is 2.51. The van der Waals surface area contributed by atoms with E-state index < -0.39 is 18.3 Å². The molecule has 0 unspecified atom stereocenters. The maximum absolute atomic E-state index is 11.1. The van der Waals surface area contributed by atoms with Crippen LogP contribution >= 0.6 is 11.6 Å². The van der Waals surface area contributed by atoms with Gasteiger partial charge in [0.05, 0.1) is 21.9 Å². The number of pyridine rings is 1. The zero-order valence-electron chi connectivity index (χ0n) is 12.5. The third-order valence-electron chi connectivity index (χ3n) is 3.88. The number of rotatable bonds is 3. The zero-order chi connectivity index (χ0) is 15.1. The van der Waals surface area contributed by atoms with Crippen molar-refractivity contribution in [2.45, 2.75) is 52.2 Å². The minimum atomic E-state index is -0.489. The number of nitrogens with zero attached hydrogens (tertiary/aromatic N) is 1. The summed E-state index contributed by atoms with van der Waals surface area (Å²) in [4.78, 5) is 15.4. The molecule has 0 aromatic carbocycles. The molecule has 0 spiro atoms. The van der Waals surface area contributed by atoms with Gasteiger partial charge in [-0.2, -0.15) is 0 Å². The predicted molar refractivity (Wildman–Crippen MR) is 79.3 cm³/mol. The van der Waals surface area contributed by atoms with Crippen LogP contribution in [0, 0.1) is 0 Å². The SMILES string of the molecule is CC(=O)Cc1ncc(B2OC(C)(C)C(C)(C)O2)cc1Cl. The third kappa shape index (κ3) is 2.90. The minimum absolute atomic E-state index is 0.0304. The molecule has 6 heteroatoms. The maximum Gasteiger partial charge on any atom is 0.496 e. The Bertz CT molecular complexity index is 529. The highest BCUT2D eigenvalue weighted by atomic mass is 35.5. The van der Waals surface area contributed by atoms with Gasteiger partial charge in [-0.25, -0.2) is 0 Å². The molecule has 2 heterocycles. The summed E-state index contributed by atoms with van der Waals surface area (Å²) in [6, 6.07) is 1.76. The summed E-state index contributed by atoms with van der Waals surface area (Å²) in [5, 5.41) is 0.465. The Morgan fingerprint density at radius 2 is 1.85 bits per heavy atom. The fourth-order valence-electron chi connectivity index (χ4n) is 1.95. The van der Waals surface area contributed by atoms with Crippen LogP contribution < -0.4 is 5.46 Å². The Morgan fingerprint density at radius 3 is 2.30 bits per heavy atom. The molecule has 0 aliphatic carbocycles. The second-order valence-corrected chi connectivity index (χ2v) is 6.57. The van der Waals surface area contributed by atoms with Crippen LogP contribution in [0.1, 0.15) is 40.3 Å². The van der Waals surface area contributed by atoms with Crippen molar-refractivity contribution in [3.8, 4) is 0 Å². The molecule has 0 N–H and O–H groups in total. The molecule has 0 bridgehead atoms. The third-order valence-corrected chi connectivity index (χ3v) is 4.21. The van der Waals surface area contributed by atoms with Gasteiger partial charge in [0.25, 0.3) is 0 Å². The van der Waals surface area contributed by atoms with Crippen LogP contribution in [0.3, 0.4) is 0 Å². The van der Waals surface area contributed by atoms with Crippen molar-refractivity contribution in [1.82, 2.24) is 4.98 Å². The van der Waals surface area contributed by atoms with Crippen molar-refractivity contribution >= 4 is 30.0 Å². The van der Waals surface area contributed by atoms with Gasteiger partial charge >= 0.3 is 7.12 Å². The summed E-state index contributed by atoms with van der Waals surface area (Å²) in [5.74, 6) is 0.0304. The fraction of sp³-hybridized carbons (Fsp3) is 0.571. The van der Waals surface area contributed by atoms with Gasteiger partial charge in [0.2, 0.25) is 0 Å². The quantitative estimate of drug-likeness (QED) is 0.802. The Kier molecular flexibility index (Phi) is 3.97. The highest BCUT2D eigenvalue weighted by molar-refractivity contribution is 6.62. The molecular formula is C14H19BClNO3. The lowest BCUT2D eigenvalue weighted by Gasteiger charge is -2.32. The van der Waals surface area contributed by atoms with Crippen molar-refractivity contribution in [2.75, 3.05) is 0 Å². The number of halogens is 1. The number of hydrogen-bond donors (Lipinski definition) is 0. The van der Waals surface area contributed by atoms with Crippen molar-refractivity contribution in [2.24, 2.45) is 0 Å². The average Bonchev–Trinajstić information content (AvgIpc) is 2.50. The molecule has 0 saturated carbocycles. The molecule has 1 fully saturated rings. The van der Waals surface area contributed by atoms with Gasteiger partial charge in [0, 0.05) is 18.1 Å². The summed E-state index contributed by atoms with van der Waals surface area (Å²) in [5.41, 5.74) is 0.546. The molecule has 4 nitrogen and oxygen atoms in total. The lowest BCUT2D eigenvalue weighted by Crippen LogP contribution is -2.41. The van der Waals surface area contributed by atoms with Crippen LogP contribution in [0.25, 0.3) is 0 Å². The Labute approximate surface area is 125 Å². The van der Waals surface area contributed by atoms with E-state index in [4.69, 9.17) is 20.9 Å². The van der Waals surface area contributed by atoms with Crippen molar-refractivity contribution < 1.29 is 14.1 Å². The maximum atomic E-state index is 11.1. The lowest BCUT2D eigenvalue weighted by molar-refractivity contribution is -0.116. The van der Waals surface area contributed by atoms with Gasteiger partial charge < -0.3 is 9.31 Å². The summed E-state index contributed by atoms with van der Waals surface area (Å²) in [6.07, 6.45) is 1.90. The van der Waals surface area contributed by atoms with E-state index in [2.05, 4.69) is 4.98 Å². The molecule has 1 aliphatic rings. The number of hydrogen-bond acceptors (Lipinski definition) is 4. The fourth-order valence-corrected chi connectivity index (χ4v) is 2.20. The zero-order valence-corrected chi connectivity index (χ0v) is 13.2. The van der Waals surface area contributed by atoms with Crippen molar-refractivity contribution in [1.29, 1.82) is 0 Å². The van der Waals surface area contributed by atoms with E-state index in [0.29, 0.717) is 10.7 Å².